The molecule has 0 fully saturated rings. The van der Waals surface area contributed by atoms with Crippen molar-refractivity contribution in [3.8, 4) is 0 Å². The molecule has 0 aliphatic carbocycles. The molecule has 1 amide bonds. The number of carbonyl (C=O) groups is 1. The van der Waals surface area contributed by atoms with Crippen molar-refractivity contribution >= 4 is 34.8 Å². The van der Waals surface area contributed by atoms with E-state index in [2.05, 4.69) is 5.32 Å². The Bertz CT molecular complexity index is 768. The Kier molecular flexibility index (Phi) is 6.15. The van der Waals surface area contributed by atoms with Gasteiger partial charge in [-0.25, -0.2) is 8.78 Å². The molecule has 0 aliphatic heterocycles. The first kappa shape index (κ1) is 18.6. The summed E-state index contributed by atoms with van der Waals surface area (Å²) < 4.78 is 26.7. The van der Waals surface area contributed by atoms with Crippen LogP contribution in [0.25, 0.3) is 0 Å². The Morgan fingerprint density at radius 2 is 1.96 bits per heavy atom. The molecule has 0 unspecified atom stereocenters. The molecular weight excluding hydrogens is 357 g/mol. The van der Waals surface area contributed by atoms with Gasteiger partial charge in [0.25, 0.3) is 5.91 Å². The number of amides is 1. The van der Waals surface area contributed by atoms with Gasteiger partial charge in [0.05, 0.1) is 15.7 Å². The van der Waals surface area contributed by atoms with Crippen LogP contribution in [0.15, 0.2) is 30.3 Å². The molecule has 2 aromatic carbocycles. The van der Waals surface area contributed by atoms with Crippen LogP contribution in [0.3, 0.4) is 0 Å². The maximum atomic E-state index is 13.7. The minimum atomic E-state index is -0.635. The molecule has 3 N–H and O–H groups in total. The van der Waals surface area contributed by atoms with Gasteiger partial charge in [0.1, 0.15) is 17.7 Å². The van der Waals surface area contributed by atoms with E-state index in [1.807, 2.05) is 0 Å². The SMILES string of the molecule is Cc1ccc(Cl)c(NC(=O)C[NH2+][C@H](C)c2ccc(F)cc2F)c1Cl. The van der Waals surface area contributed by atoms with Crippen molar-refractivity contribution in [3.63, 3.8) is 0 Å². The van der Waals surface area contributed by atoms with Gasteiger partial charge >= 0.3 is 0 Å². The molecule has 0 aromatic heterocycles. The van der Waals surface area contributed by atoms with E-state index >= 15 is 0 Å². The number of anilines is 1. The highest BCUT2D eigenvalue weighted by molar-refractivity contribution is 6.40. The average Bonchev–Trinajstić information content (AvgIpc) is 2.53. The Labute approximate surface area is 149 Å². The molecule has 7 heteroatoms. The second-order valence-corrected chi connectivity index (χ2v) is 6.28. The average molecular weight is 374 g/mol. The third-order valence-corrected chi connectivity index (χ3v) is 4.46. The summed E-state index contributed by atoms with van der Waals surface area (Å²) in [5, 5.41) is 5.03. The lowest BCUT2D eigenvalue weighted by atomic mass is 10.1. The van der Waals surface area contributed by atoms with E-state index in [4.69, 9.17) is 23.2 Å². The van der Waals surface area contributed by atoms with Crippen LogP contribution < -0.4 is 10.6 Å². The molecule has 0 saturated heterocycles. The van der Waals surface area contributed by atoms with E-state index in [0.29, 0.717) is 21.3 Å². The van der Waals surface area contributed by atoms with Crippen LogP contribution in [0.5, 0.6) is 0 Å². The van der Waals surface area contributed by atoms with Crippen LogP contribution in [0, 0.1) is 18.6 Å². The Morgan fingerprint density at radius 3 is 2.62 bits per heavy atom. The summed E-state index contributed by atoms with van der Waals surface area (Å²) in [6.45, 7) is 3.58. The van der Waals surface area contributed by atoms with Crippen molar-refractivity contribution in [2.45, 2.75) is 19.9 Å². The highest BCUT2D eigenvalue weighted by atomic mass is 35.5. The number of carbonyl (C=O) groups excluding carboxylic acids is 1. The number of hydrogen-bond acceptors (Lipinski definition) is 1. The quantitative estimate of drug-likeness (QED) is 0.821. The van der Waals surface area contributed by atoms with Gasteiger partial charge in [-0.2, -0.15) is 0 Å². The summed E-state index contributed by atoms with van der Waals surface area (Å²) in [5.41, 5.74) is 1.48. The third-order valence-electron chi connectivity index (χ3n) is 3.66. The van der Waals surface area contributed by atoms with Gasteiger partial charge < -0.3 is 10.6 Å². The fourth-order valence-electron chi connectivity index (χ4n) is 2.24. The molecule has 0 spiro atoms. The molecule has 0 aliphatic rings. The summed E-state index contributed by atoms with van der Waals surface area (Å²) in [4.78, 5) is 12.1. The molecule has 0 heterocycles. The van der Waals surface area contributed by atoms with Crippen molar-refractivity contribution in [3.05, 3.63) is 63.1 Å². The number of nitrogens with one attached hydrogen (secondary N) is 1. The predicted octanol–water partition coefficient (Wildman–Crippen LogP) is 3.84. The topological polar surface area (TPSA) is 45.7 Å². The summed E-state index contributed by atoms with van der Waals surface area (Å²) in [6.07, 6.45) is 0. The molecule has 128 valence electrons. The fraction of sp³-hybridized carbons (Fsp3) is 0.235. The number of hydrogen-bond donors (Lipinski definition) is 2. The second-order valence-electron chi connectivity index (χ2n) is 5.50. The zero-order valence-corrected chi connectivity index (χ0v) is 14.7. The first-order valence-corrected chi connectivity index (χ1v) is 8.08. The van der Waals surface area contributed by atoms with Gasteiger partial charge in [-0.3, -0.25) is 4.79 Å². The van der Waals surface area contributed by atoms with Gasteiger partial charge in [0.2, 0.25) is 0 Å². The number of aryl methyl sites for hydroxylation is 1. The molecule has 0 saturated carbocycles. The third kappa shape index (κ3) is 4.44. The first-order chi connectivity index (χ1) is 11.3. The van der Waals surface area contributed by atoms with Crippen LogP contribution in [0.1, 0.15) is 24.1 Å². The molecule has 24 heavy (non-hydrogen) atoms. The van der Waals surface area contributed by atoms with Crippen LogP contribution in [-0.2, 0) is 4.79 Å². The smallest absolute Gasteiger partial charge is 0.279 e. The lowest BCUT2D eigenvalue weighted by molar-refractivity contribution is -0.682. The van der Waals surface area contributed by atoms with Crippen molar-refractivity contribution in [1.29, 1.82) is 0 Å². The lowest BCUT2D eigenvalue weighted by Crippen LogP contribution is -2.86. The number of quaternary nitrogens is 1. The Balaban J connectivity index is 2.00. The zero-order valence-electron chi connectivity index (χ0n) is 13.2. The summed E-state index contributed by atoms with van der Waals surface area (Å²) >= 11 is 12.2. The largest absolute Gasteiger partial charge is 0.332 e. The highest BCUT2D eigenvalue weighted by Gasteiger charge is 2.17. The number of nitrogens with two attached hydrogens (primary N) is 1. The van der Waals surface area contributed by atoms with Crippen LogP contribution in [0.2, 0.25) is 10.0 Å². The predicted molar refractivity (Wildman–Crippen MR) is 91.4 cm³/mol. The Morgan fingerprint density at radius 1 is 1.25 bits per heavy atom. The first-order valence-electron chi connectivity index (χ1n) is 7.32. The molecule has 0 radical (unpaired) electrons. The highest BCUT2D eigenvalue weighted by Crippen LogP contribution is 2.32. The Hall–Kier alpha value is -1.69. The molecule has 3 nitrogen and oxygen atoms in total. The van der Waals surface area contributed by atoms with Gasteiger partial charge in [0.15, 0.2) is 6.54 Å². The van der Waals surface area contributed by atoms with E-state index < -0.39 is 11.6 Å². The summed E-state index contributed by atoms with van der Waals surface area (Å²) in [5.74, 6) is -1.59. The molecule has 0 bridgehead atoms. The van der Waals surface area contributed by atoms with E-state index in [-0.39, 0.29) is 18.5 Å². The molecule has 2 aromatic rings. The van der Waals surface area contributed by atoms with Crippen molar-refractivity contribution < 1.29 is 18.9 Å². The van der Waals surface area contributed by atoms with E-state index in [0.717, 1.165) is 11.6 Å². The summed E-state index contributed by atoms with van der Waals surface area (Å²) in [7, 11) is 0. The number of halogens is 4. The van der Waals surface area contributed by atoms with Crippen LogP contribution in [0.4, 0.5) is 14.5 Å². The maximum Gasteiger partial charge on any atom is 0.279 e. The van der Waals surface area contributed by atoms with Gasteiger partial charge in [0, 0.05) is 11.6 Å². The van der Waals surface area contributed by atoms with E-state index in [1.54, 1.807) is 31.3 Å². The number of benzene rings is 2. The monoisotopic (exact) mass is 373 g/mol. The van der Waals surface area contributed by atoms with E-state index in [1.165, 1.54) is 12.1 Å². The lowest BCUT2D eigenvalue weighted by Gasteiger charge is -2.13. The van der Waals surface area contributed by atoms with Crippen molar-refractivity contribution in [1.82, 2.24) is 0 Å². The normalized spacial score (nSPS) is 12.1. The zero-order chi connectivity index (χ0) is 17.9. The van der Waals surface area contributed by atoms with Crippen LogP contribution in [-0.4, -0.2) is 12.5 Å². The molecule has 1 atom stereocenters. The molecular formula is C17H17Cl2F2N2O+. The second kappa shape index (κ2) is 7.92. The standard InChI is InChI=1S/C17H16Cl2F2N2O/c1-9-3-6-13(18)17(16(9)19)23-15(24)8-22-10(2)12-5-4-11(20)7-14(12)21/h3-7,10,22H,8H2,1-2H3,(H,23,24)/p+1/t10-/m1/s1. The van der Waals surface area contributed by atoms with Crippen LogP contribution >= 0.6 is 23.2 Å². The maximum absolute atomic E-state index is 13.7. The summed E-state index contributed by atoms with van der Waals surface area (Å²) in [6, 6.07) is 6.45. The number of rotatable bonds is 5. The van der Waals surface area contributed by atoms with Gasteiger partial charge in [-0.05, 0) is 37.6 Å². The minimum Gasteiger partial charge on any atom is -0.332 e. The molecule has 2 rings (SSSR count). The fourth-order valence-corrected chi connectivity index (χ4v) is 2.71. The van der Waals surface area contributed by atoms with Gasteiger partial charge in [-0.15, -0.1) is 0 Å². The van der Waals surface area contributed by atoms with Crippen molar-refractivity contribution in [2.24, 2.45) is 0 Å². The van der Waals surface area contributed by atoms with Crippen molar-refractivity contribution in [2.75, 3.05) is 11.9 Å². The van der Waals surface area contributed by atoms with Gasteiger partial charge in [-0.1, -0.05) is 29.3 Å². The minimum absolute atomic E-state index is 0.0403. The van der Waals surface area contributed by atoms with E-state index in [9.17, 15) is 13.6 Å².